The topological polar surface area (TPSA) is 90.5 Å². The highest BCUT2D eigenvalue weighted by molar-refractivity contribution is 8.00. The van der Waals surface area contributed by atoms with E-state index in [0.717, 1.165) is 21.9 Å². The van der Waals surface area contributed by atoms with Crippen molar-refractivity contribution in [2.24, 2.45) is 29.6 Å². The normalized spacial score (nSPS) is 33.8. The molecule has 3 aromatic rings. The van der Waals surface area contributed by atoms with Gasteiger partial charge in [-0.15, -0.1) is 11.8 Å². The Morgan fingerprint density at radius 1 is 0.909 bits per heavy atom. The number of benzene rings is 2. The number of amides is 2. The van der Waals surface area contributed by atoms with Crippen LogP contribution in [-0.4, -0.2) is 27.2 Å². The van der Waals surface area contributed by atoms with Gasteiger partial charge in [-0.3, -0.25) is 19.3 Å². The minimum Gasteiger partial charge on any atom is -0.508 e. The summed E-state index contributed by atoms with van der Waals surface area (Å²) in [5.41, 5.74) is 1.69. The quantitative estimate of drug-likeness (QED) is 0.549. The molecule has 2 saturated carbocycles. The van der Waals surface area contributed by atoms with Gasteiger partial charge < -0.3 is 10.1 Å². The molecule has 8 heteroatoms. The molecule has 7 rings (SSSR count). The lowest BCUT2D eigenvalue weighted by atomic mass is 9.68. The third-order valence-electron chi connectivity index (χ3n) is 7.99. The summed E-state index contributed by atoms with van der Waals surface area (Å²) in [4.78, 5) is 44.8. The molecule has 0 spiro atoms. The van der Waals surface area contributed by atoms with Gasteiger partial charge in [-0.05, 0) is 54.0 Å². The lowest BCUT2D eigenvalue weighted by molar-refractivity contribution is -0.123. The number of anilines is 1. The van der Waals surface area contributed by atoms with Gasteiger partial charge in [0.2, 0.25) is 11.8 Å². The minimum absolute atomic E-state index is 0.0274. The van der Waals surface area contributed by atoms with Crippen molar-refractivity contribution in [3.05, 3.63) is 74.7 Å². The van der Waals surface area contributed by atoms with Crippen LogP contribution in [0.25, 0.3) is 0 Å². The van der Waals surface area contributed by atoms with Gasteiger partial charge in [-0.2, -0.15) is 0 Å². The SMILES string of the molecule is O=C1[C@H]2[C@H]3C[C@@H]([C@@H]4Sc5[nH]c(=O)sc5[C@H](c5ccc(O)cc5)[C@H]34)[C@@H]2C(=O)N1c1ccccc1. The fourth-order valence-corrected chi connectivity index (χ4v) is 9.79. The van der Waals surface area contributed by atoms with Crippen LogP contribution in [-0.2, 0) is 9.59 Å². The third-order valence-corrected chi connectivity index (χ3v) is 10.6. The molecule has 2 N–H and O–H groups in total. The van der Waals surface area contributed by atoms with Crippen molar-refractivity contribution in [3.8, 4) is 5.75 Å². The van der Waals surface area contributed by atoms with Crippen molar-refractivity contribution >= 4 is 40.6 Å². The highest BCUT2D eigenvalue weighted by atomic mass is 32.2. The summed E-state index contributed by atoms with van der Waals surface area (Å²) < 4.78 is 0. The van der Waals surface area contributed by atoms with E-state index < -0.39 is 0 Å². The number of rotatable bonds is 2. The molecular formula is C25H20N2O4S2. The highest BCUT2D eigenvalue weighted by Gasteiger charge is 2.69. The number of hydrogen-bond donors (Lipinski definition) is 2. The van der Waals surface area contributed by atoms with Crippen molar-refractivity contribution in [1.29, 1.82) is 0 Å². The Bertz CT molecular complexity index is 1350. The van der Waals surface area contributed by atoms with Crippen LogP contribution in [0.2, 0.25) is 0 Å². The predicted molar refractivity (Wildman–Crippen MR) is 126 cm³/mol. The van der Waals surface area contributed by atoms with E-state index in [9.17, 15) is 19.5 Å². The first kappa shape index (κ1) is 19.6. The molecule has 166 valence electrons. The molecule has 2 amide bonds. The van der Waals surface area contributed by atoms with E-state index in [-0.39, 0.29) is 63.2 Å². The molecule has 3 heterocycles. The highest BCUT2D eigenvalue weighted by Crippen LogP contribution is 2.68. The number of thioether (sulfide) groups is 1. The summed E-state index contributed by atoms with van der Waals surface area (Å²) in [6.45, 7) is 0. The number of nitrogens with zero attached hydrogens (tertiary/aromatic N) is 1. The standard InChI is InChI=1S/C25H20N2O4S2/c28-13-8-6-11(7-9-13)16-17-14-10-15(20(17)32-22-21(16)33-25(31)26-22)19-18(14)23(29)27(24(19)30)12-4-2-1-3-5-12/h1-9,14-20,28H,10H2,(H,26,31)/t14-,15+,16+,17-,18-,19-,20-/m0/s1. The zero-order valence-corrected chi connectivity index (χ0v) is 19.0. The molecule has 2 bridgehead atoms. The Kier molecular flexibility index (Phi) is 4.06. The van der Waals surface area contributed by atoms with Crippen molar-refractivity contribution in [2.45, 2.75) is 22.6 Å². The van der Waals surface area contributed by atoms with Crippen LogP contribution < -0.4 is 9.77 Å². The van der Waals surface area contributed by atoms with E-state index in [4.69, 9.17) is 0 Å². The summed E-state index contributed by atoms with van der Waals surface area (Å²) in [6.07, 6.45) is 0.867. The zero-order chi connectivity index (χ0) is 22.4. The van der Waals surface area contributed by atoms with Gasteiger partial charge in [-0.1, -0.05) is 41.7 Å². The maximum Gasteiger partial charge on any atom is 0.305 e. The molecule has 3 fully saturated rings. The number of hydrogen-bond acceptors (Lipinski definition) is 6. The van der Waals surface area contributed by atoms with Crippen LogP contribution in [0.3, 0.4) is 0 Å². The van der Waals surface area contributed by atoms with Crippen LogP contribution >= 0.6 is 23.1 Å². The number of H-pyrrole nitrogens is 1. The number of phenolic OH excluding ortho intramolecular Hbond substituents is 1. The van der Waals surface area contributed by atoms with Gasteiger partial charge in [-0.25, -0.2) is 0 Å². The second kappa shape index (κ2) is 6.84. The zero-order valence-electron chi connectivity index (χ0n) is 17.4. The number of carbonyl (C=O) groups is 2. The molecule has 2 aliphatic carbocycles. The lowest BCUT2D eigenvalue weighted by Gasteiger charge is -2.43. The van der Waals surface area contributed by atoms with E-state index >= 15 is 0 Å². The summed E-state index contributed by atoms with van der Waals surface area (Å²) in [5.74, 6) is -0.213. The maximum absolute atomic E-state index is 13.6. The number of aromatic hydroxyl groups is 1. The van der Waals surface area contributed by atoms with E-state index in [2.05, 4.69) is 4.98 Å². The van der Waals surface area contributed by atoms with Crippen molar-refractivity contribution < 1.29 is 14.7 Å². The monoisotopic (exact) mass is 476 g/mol. The van der Waals surface area contributed by atoms with Gasteiger partial charge in [0, 0.05) is 16.0 Å². The Labute approximate surface area is 197 Å². The van der Waals surface area contributed by atoms with E-state index in [0.29, 0.717) is 5.69 Å². The predicted octanol–water partition coefficient (Wildman–Crippen LogP) is 3.82. The van der Waals surface area contributed by atoms with Gasteiger partial charge in [0.25, 0.3) is 0 Å². The Morgan fingerprint density at radius 2 is 1.61 bits per heavy atom. The Hall–Kier alpha value is -2.84. The molecule has 0 radical (unpaired) electrons. The van der Waals surface area contributed by atoms with Crippen molar-refractivity contribution in [2.75, 3.05) is 4.90 Å². The van der Waals surface area contributed by atoms with Gasteiger partial charge in [0.1, 0.15) is 5.75 Å². The molecule has 0 unspecified atom stereocenters. The summed E-state index contributed by atoms with van der Waals surface area (Å²) in [7, 11) is 0. The van der Waals surface area contributed by atoms with Crippen LogP contribution in [0.15, 0.2) is 64.4 Å². The third kappa shape index (κ3) is 2.59. The summed E-state index contributed by atoms with van der Waals surface area (Å²) >= 11 is 2.93. The fraction of sp³-hybridized carbons (Fsp3) is 0.320. The smallest absolute Gasteiger partial charge is 0.305 e. The van der Waals surface area contributed by atoms with E-state index in [1.165, 1.54) is 16.2 Å². The Morgan fingerprint density at radius 3 is 2.33 bits per heavy atom. The number of imide groups is 1. The van der Waals surface area contributed by atoms with Crippen LogP contribution in [0, 0.1) is 29.6 Å². The second-order valence-electron chi connectivity index (χ2n) is 9.40. The second-order valence-corrected chi connectivity index (χ2v) is 11.6. The first-order valence-electron chi connectivity index (χ1n) is 11.1. The molecule has 2 aliphatic heterocycles. The number of nitrogens with one attached hydrogen (secondary N) is 1. The number of thiazole rings is 1. The molecule has 4 aliphatic rings. The number of para-hydroxylation sites is 1. The van der Waals surface area contributed by atoms with Crippen molar-refractivity contribution in [1.82, 2.24) is 4.98 Å². The molecule has 6 nitrogen and oxygen atoms in total. The molecule has 33 heavy (non-hydrogen) atoms. The number of carbonyl (C=O) groups excluding carboxylic acids is 2. The van der Waals surface area contributed by atoms with Gasteiger partial charge >= 0.3 is 4.87 Å². The van der Waals surface area contributed by atoms with Crippen molar-refractivity contribution in [3.63, 3.8) is 0 Å². The first-order valence-corrected chi connectivity index (χ1v) is 12.8. The van der Waals surface area contributed by atoms with E-state index in [1.54, 1.807) is 23.9 Å². The molecule has 1 saturated heterocycles. The lowest BCUT2D eigenvalue weighted by Crippen LogP contribution is -2.42. The first-order chi connectivity index (χ1) is 16.0. The average Bonchev–Trinajstić information content (AvgIpc) is 3.54. The summed E-state index contributed by atoms with van der Waals surface area (Å²) in [6, 6.07) is 16.4. The Balaban J connectivity index is 1.34. The molecule has 2 aromatic carbocycles. The molecule has 7 atom stereocenters. The van der Waals surface area contributed by atoms with Crippen LogP contribution in [0.4, 0.5) is 5.69 Å². The van der Waals surface area contributed by atoms with Crippen LogP contribution in [0.5, 0.6) is 5.75 Å². The number of aromatic amines is 1. The number of fused-ring (bicyclic) bond motifs is 9. The molecular weight excluding hydrogens is 456 g/mol. The minimum atomic E-state index is -0.304. The van der Waals surface area contributed by atoms with E-state index in [1.807, 2.05) is 42.5 Å². The van der Waals surface area contributed by atoms with Crippen LogP contribution in [0.1, 0.15) is 22.8 Å². The van der Waals surface area contributed by atoms with Gasteiger partial charge in [0.15, 0.2) is 0 Å². The number of phenols is 1. The maximum atomic E-state index is 13.6. The largest absolute Gasteiger partial charge is 0.508 e. The van der Waals surface area contributed by atoms with Gasteiger partial charge in [0.05, 0.1) is 22.5 Å². The molecule has 1 aromatic heterocycles. The fourth-order valence-electron chi connectivity index (χ4n) is 6.90. The number of aromatic nitrogens is 1. The average molecular weight is 477 g/mol. The summed E-state index contributed by atoms with van der Waals surface area (Å²) in [5, 5.41) is 10.9.